The summed E-state index contributed by atoms with van der Waals surface area (Å²) in [4.78, 5) is 0. The summed E-state index contributed by atoms with van der Waals surface area (Å²) in [5.74, 6) is 3.10. The lowest BCUT2D eigenvalue weighted by atomic mass is 10.1. The van der Waals surface area contributed by atoms with E-state index in [1.807, 2.05) is 48.6 Å². The average molecular weight is 402 g/mol. The van der Waals surface area contributed by atoms with E-state index in [-0.39, 0.29) is 0 Å². The molecule has 0 atom stereocenters. The van der Waals surface area contributed by atoms with Gasteiger partial charge in [-0.25, -0.2) is 0 Å². The van der Waals surface area contributed by atoms with Crippen LogP contribution in [-0.2, 0) is 0 Å². The maximum atomic E-state index is 5.44. The van der Waals surface area contributed by atoms with Gasteiger partial charge in [0.15, 0.2) is 0 Å². The van der Waals surface area contributed by atoms with Crippen LogP contribution in [-0.4, -0.2) is 28.4 Å². The number of methoxy groups -OCH3 is 4. The number of rotatable bonds is 8. The van der Waals surface area contributed by atoms with E-state index in [0.717, 1.165) is 45.3 Å². The Bertz CT molecular complexity index is 949. The molecular weight excluding hydrogens is 376 g/mol. The molecule has 0 saturated carbocycles. The van der Waals surface area contributed by atoms with Crippen LogP contribution in [0.25, 0.3) is 24.3 Å². The van der Waals surface area contributed by atoms with Gasteiger partial charge in [0.2, 0.25) is 0 Å². The molecule has 0 saturated heterocycles. The van der Waals surface area contributed by atoms with Gasteiger partial charge in [0.25, 0.3) is 0 Å². The highest BCUT2D eigenvalue weighted by Crippen LogP contribution is 2.27. The van der Waals surface area contributed by atoms with Crippen LogP contribution in [0.1, 0.15) is 22.3 Å². The minimum atomic E-state index is 0.772. The fraction of sp³-hybridized carbons (Fsp3) is 0.154. The molecule has 0 aliphatic rings. The van der Waals surface area contributed by atoms with Gasteiger partial charge >= 0.3 is 0 Å². The molecule has 0 spiro atoms. The molecule has 0 unspecified atom stereocenters. The predicted molar refractivity (Wildman–Crippen MR) is 123 cm³/mol. The van der Waals surface area contributed by atoms with Gasteiger partial charge in [0.05, 0.1) is 28.4 Å². The zero-order valence-corrected chi connectivity index (χ0v) is 17.7. The molecule has 0 fully saturated rings. The van der Waals surface area contributed by atoms with E-state index in [1.165, 1.54) is 0 Å². The maximum Gasteiger partial charge on any atom is 0.129 e. The Hall–Kier alpha value is -3.66. The van der Waals surface area contributed by atoms with Crippen molar-refractivity contribution in [3.63, 3.8) is 0 Å². The van der Waals surface area contributed by atoms with Gasteiger partial charge in [-0.15, -0.1) is 0 Å². The monoisotopic (exact) mass is 402 g/mol. The summed E-state index contributed by atoms with van der Waals surface area (Å²) in [5.41, 5.74) is 4.20. The van der Waals surface area contributed by atoms with Gasteiger partial charge < -0.3 is 18.9 Å². The molecule has 0 aliphatic carbocycles. The normalized spacial score (nSPS) is 11.1. The highest BCUT2D eigenvalue weighted by molar-refractivity contribution is 5.76. The molecule has 4 nitrogen and oxygen atoms in total. The Balaban J connectivity index is 1.73. The molecule has 154 valence electrons. The molecule has 3 aromatic carbocycles. The van der Waals surface area contributed by atoms with Crippen molar-refractivity contribution in [1.29, 1.82) is 0 Å². The SMILES string of the molecule is COc1ccc(/C=C/c2ccc(/C=C/c3ccc(OC)cc3OC)cc2)c(OC)c1. The molecule has 30 heavy (non-hydrogen) atoms. The first-order valence-corrected chi connectivity index (χ1v) is 9.57. The Morgan fingerprint density at radius 1 is 0.467 bits per heavy atom. The Labute approximate surface area is 178 Å². The molecule has 0 aromatic heterocycles. The molecule has 4 heteroatoms. The number of hydrogen-bond acceptors (Lipinski definition) is 4. The number of benzene rings is 3. The van der Waals surface area contributed by atoms with E-state index in [1.54, 1.807) is 28.4 Å². The maximum absolute atomic E-state index is 5.44. The predicted octanol–water partition coefficient (Wildman–Crippen LogP) is 6.06. The van der Waals surface area contributed by atoms with Crippen LogP contribution in [0.3, 0.4) is 0 Å². The molecule has 0 N–H and O–H groups in total. The van der Waals surface area contributed by atoms with Crippen LogP contribution < -0.4 is 18.9 Å². The quantitative estimate of drug-likeness (QED) is 0.429. The molecule has 3 rings (SSSR count). The average Bonchev–Trinajstić information content (AvgIpc) is 2.81. The third-order valence-corrected chi connectivity index (χ3v) is 4.73. The van der Waals surface area contributed by atoms with Gasteiger partial charge in [-0.2, -0.15) is 0 Å². The van der Waals surface area contributed by atoms with Gasteiger partial charge in [0, 0.05) is 23.3 Å². The largest absolute Gasteiger partial charge is 0.497 e. The number of ether oxygens (including phenoxy) is 4. The molecular formula is C26H26O4. The third-order valence-electron chi connectivity index (χ3n) is 4.73. The summed E-state index contributed by atoms with van der Waals surface area (Å²) >= 11 is 0. The van der Waals surface area contributed by atoms with Gasteiger partial charge in [0.1, 0.15) is 23.0 Å². The lowest BCUT2D eigenvalue weighted by Crippen LogP contribution is -1.89. The molecule has 0 heterocycles. The third kappa shape index (κ3) is 5.23. The van der Waals surface area contributed by atoms with Crippen LogP contribution >= 0.6 is 0 Å². The van der Waals surface area contributed by atoms with Crippen molar-refractivity contribution in [2.75, 3.05) is 28.4 Å². The lowest BCUT2D eigenvalue weighted by molar-refractivity contribution is 0.393. The van der Waals surface area contributed by atoms with Crippen LogP contribution in [0.4, 0.5) is 0 Å². The fourth-order valence-electron chi connectivity index (χ4n) is 3.00. The van der Waals surface area contributed by atoms with Crippen molar-refractivity contribution in [3.8, 4) is 23.0 Å². The van der Waals surface area contributed by atoms with E-state index in [0.29, 0.717) is 0 Å². The summed E-state index contributed by atoms with van der Waals surface area (Å²) < 4.78 is 21.4. The highest BCUT2D eigenvalue weighted by Gasteiger charge is 2.03. The van der Waals surface area contributed by atoms with Gasteiger partial charge in [-0.05, 0) is 35.4 Å². The first-order valence-electron chi connectivity index (χ1n) is 9.57. The van der Waals surface area contributed by atoms with E-state index in [9.17, 15) is 0 Å². The van der Waals surface area contributed by atoms with Crippen molar-refractivity contribution < 1.29 is 18.9 Å². The first-order chi connectivity index (χ1) is 14.7. The molecule has 0 aliphatic heterocycles. The molecule has 0 amide bonds. The van der Waals surface area contributed by atoms with Gasteiger partial charge in [-0.3, -0.25) is 0 Å². The standard InChI is InChI=1S/C26H26O4/c1-27-23-15-13-21(25(17-23)29-3)11-9-19-5-7-20(8-6-19)10-12-22-14-16-24(28-2)18-26(22)30-4/h5-18H,1-4H3/b11-9+,12-10+. The summed E-state index contributed by atoms with van der Waals surface area (Å²) in [7, 11) is 6.60. The Morgan fingerprint density at radius 3 is 1.20 bits per heavy atom. The van der Waals surface area contributed by atoms with Crippen molar-refractivity contribution >= 4 is 24.3 Å². The summed E-state index contributed by atoms with van der Waals surface area (Å²) in [6, 6.07) is 19.9. The molecule has 3 aromatic rings. The van der Waals surface area contributed by atoms with Crippen LogP contribution in [0, 0.1) is 0 Å². The van der Waals surface area contributed by atoms with Crippen molar-refractivity contribution in [1.82, 2.24) is 0 Å². The summed E-state index contributed by atoms with van der Waals surface area (Å²) in [6.45, 7) is 0. The molecule has 0 radical (unpaired) electrons. The van der Waals surface area contributed by atoms with E-state index < -0.39 is 0 Å². The molecule has 0 bridgehead atoms. The van der Waals surface area contributed by atoms with E-state index in [2.05, 4.69) is 36.4 Å². The van der Waals surface area contributed by atoms with Crippen LogP contribution in [0.5, 0.6) is 23.0 Å². The van der Waals surface area contributed by atoms with E-state index >= 15 is 0 Å². The fourth-order valence-corrected chi connectivity index (χ4v) is 3.00. The zero-order chi connectivity index (χ0) is 21.3. The lowest BCUT2D eigenvalue weighted by Gasteiger charge is -2.07. The zero-order valence-electron chi connectivity index (χ0n) is 17.7. The topological polar surface area (TPSA) is 36.9 Å². The van der Waals surface area contributed by atoms with Crippen molar-refractivity contribution in [2.24, 2.45) is 0 Å². The van der Waals surface area contributed by atoms with Crippen LogP contribution in [0.2, 0.25) is 0 Å². The van der Waals surface area contributed by atoms with Crippen LogP contribution in [0.15, 0.2) is 60.7 Å². The minimum Gasteiger partial charge on any atom is -0.497 e. The summed E-state index contributed by atoms with van der Waals surface area (Å²) in [5, 5.41) is 0. The summed E-state index contributed by atoms with van der Waals surface area (Å²) in [6.07, 6.45) is 8.19. The second kappa shape index (κ2) is 10.2. The van der Waals surface area contributed by atoms with Gasteiger partial charge in [-0.1, -0.05) is 48.6 Å². The minimum absolute atomic E-state index is 0.772. The highest BCUT2D eigenvalue weighted by atomic mass is 16.5. The van der Waals surface area contributed by atoms with Crippen molar-refractivity contribution in [2.45, 2.75) is 0 Å². The van der Waals surface area contributed by atoms with Crippen molar-refractivity contribution in [3.05, 3.63) is 82.9 Å². The second-order valence-corrected chi connectivity index (χ2v) is 6.55. The van der Waals surface area contributed by atoms with E-state index in [4.69, 9.17) is 18.9 Å². The second-order valence-electron chi connectivity index (χ2n) is 6.55. The Morgan fingerprint density at radius 2 is 0.867 bits per heavy atom. The first kappa shape index (κ1) is 21.1. The number of hydrogen-bond donors (Lipinski definition) is 0. The Kier molecular flexibility index (Phi) is 7.17. The smallest absolute Gasteiger partial charge is 0.129 e.